The average molecular weight is 696 g/mol. The van der Waals surface area contributed by atoms with E-state index in [-0.39, 0.29) is 51.0 Å². The van der Waals surface area contributed by atoms with Gasteiger partial charge in [0.15, 0.2) is 6.23 Å². The molecular formula is C32H38FNO11S2. The molecule has 0 aliphatic rings. The van der Waals surface area contributed by atoms with Gasteiger partial charge in [0.1, 0.15) is 49.8 Å². The van der Waals surface area contributed by atoms with Gasteiger partial charge in [-0.2, -0.15) is 4.72 Å². The predicted octanol–water partition coefficient (Wildman–Crippen LogP) is 4.73. The fourth-order valence-electron chi connectivity index (χ4n) is 5.15. The van der Waals surface area contributed by atoms with Gasteiger partial charge in [-0.25, -0.2) is 30.8 Å². The summed E-state index contributed by atoms with van der Waals surface area (Å²) < 4.78 is 89.0. The Hall–Kier alpha value is -4.21. The number of ether oxygens (including phenoxy) is 4. The van der Waals surface area contributed by atoms with E-state index in [0.717, 1.165) is 30.5 Å². The summed E-state index contributed by atoms with van der Waals surface area (Å²) in [5.74, 6) is -2.74. The summed E-state index contributed by atoms with van der Waals surface area (Å²) in [6.07, 6.45) is -0.680. The highest BCUT2D eigenvalue weighted by atomic mass is 32.2. The standard InChI is InChI=1S/C32H38FNO11S2/c1-16-18(3)28(21(6)29(42-7)25(16)31(35)36)45-32(37)26-17(2)19(4)27(20(5)30(26)43-8)44-24(14-15-46(9,38)39)34-47(40,41)23-12-10-22(33)11-13-23/h10-13,24,34H,14-15H2,1-9H3,(H,35,36). The molecular weight excluding hydrogens is 657 g/mol. The highest BCUT2D eigenvalue weighted by molar-refractivity contribution is 7.90. The number of methoxy groups -OCH3 is 2. The molecule has 12 nitrogen and oxygen atoms in total. The molecule has 0 aliphatic carbocycles. The fourth-order valence-corrected chi connectivity index (χ4v) is 6.93. The first-order valence-corrected chi connectivity index (χ1v) is 17.7. The van der Waals surface area contributed by atoms with Gasteiger partial charge < -0.3 is 24.1 Å². The number of carbonyl (C=O) groups excluding carboxylic acids is 1. The van der Waals surface area contributed by atoms with Crippen LogP contribution in [0.15, 0.2) is 29.2 Å². The van der Waals surface area contributed by atoms with Gasteiger partial charge in [0.05, 0.1) is 24.9 Å². The fraction of sp³-hybridized carbons (Fsp3) is 0.375. The summed E-state index contributed by atoms with van der Waals surface area (Å²) >= 11 is 0. The first-order chi connectivity index (χ1) is 21.7. The Labute approximate surface area is 273 Å². The quantitative estimate of drug-likeness (QED) is 0.144. The number of halogens is 1. The molecule has 1 atom stereocenters. The van der Waals surface area contributed by atoms with Crippen LogP contribution >= 0.6 is 0 Å². The normalized spacial score (nSPS) is 12.4. The van der Waals surface area contributed by atoms with E-state index in [4.69, 9.17) is 18.9 Å². The topological polar surface area (TPSA) is 172 Å². The first kappa shape index (κ1) is 37.2. The van der Waals surface area contributed by atoms with Crippen molar-refractivity contribution in [2.24, 2.45) is 0 Å². The Bertz CT molecular complexity index is 1940. The molecule has 256 valence electrons. The summed E-state index contributed by atoms with van der Waals surface area (Å²) in [6, 6.07) is 4.07. The molecule has 1 unspecified atom stereocenters. The van der Waals surface area contributed by atoms with Crippen molar-refractivity contribution < 1.29 is 54.9 Å². The number of esters is 1. The van der Waals surface area contributed by atoms with Gasteiger partial charge >= 0.3 is 11.9 Å². The molecule has 15 heteroatoms. The van der Waals surface area contributed by atoms with E-state index < -0.39 is 49.6 Å². The van der Waals surface area contributed by atoms with Crippen LogP contribution in [0.5, 0.6) is 23.0 Å². The van der Waals surface area contributed by atoms with Gasteiger partial charge in [0, 0.05) is 23.8 Å². The third-order valence-corrected chi connectivity index (χ3v) is 10.3. The van der Waals surface area contributed by atoms with Crippen molar-refractivity contribution in [1.29, 1.82) is 0 Å². The van der Waals surface area contributed by atoms with Gasteiger partial charge in [-0.1, -0.05) is 0 Å². The number of hydrogen-bond donors (Lipinski definition) is 2. The van der Waals surface area contributed by atoms with Crippen LogP contribution < -0.4 is 23.7 Å². The van der Waals surface area contributed by atoms with Crippen LogP contribution in [0.4, 0.5) is 4.39 Å². The molecule has 3 aromatic carbocycles. The number of sulfonamides is 1. The van der Waals surface area contributed by atoms with Crippen molar-refractivity contribution >= 4 is 31.8 Å². The number of sulfone groups is 1. The number of carboxylic acids is 1. The van der Waals surface area contributed by atoms with Crippen molar-refractivity contribution in [1.82, 2.24) is 4.72 Å². The predicted molar refractivity (Wildman–Crippen MR) is 172 cm³/mol. The summed E-state index contributed by atoms with van der Waals surface area (Å²) in [7, 11) is -5.19. The summed E-state index contributed by atoms with van der Waals surface area (Å²) in [5, 5.41) is 9.74. The second-order valence-corrected chi connectivity index (χ2v) is 15.0. The van der Waals surface area contributed by atoms with Crippen molar-refractivity contribution in [2.75, 3.05) is 26.2 Å². The molecule has 0 aromatic heterocycles. The van der Waals surface area contributed by atoms with E-state index in [1.54, 1.807) is 41.5 Å². The number of carboxylic acid groups (broad SMARTS) is 1. The van der Waals surface area contributed by atoms with E-state index in [1.165, 1.54) is 14.2 Å². The van der Waals surface area contributed by atoms with Crippen molar-refractivity contribution in [3.63, 3.8) is 0 Å². The van der Waals surface area contributed by atoms with E-state index in [9.17, 15) is 35.9 Å². The molecule has 3 aromatic rings. The van der Waals surface area contributed by atoms with Gasteiger partial charge in [-0.3, -0.25) is 0 Å². The first-order valence-electron chi connectivity index (χ1n) is 14.2. The Morgan fingerprint density at radius 1 is 0.766 bits per heavy atom. The van der Waals surface area contributed by atoms with Crippen LogP contribution in [-0.2, 0) is 19.9 Å². The molecule has 47 heavy (non-hydrogen) atoms. The lowest BCUT2D eigenvalue weighted by molar-refractivity contribution is 0.0691. The van der Waals surface area contributed by atoms with Gasteiger partial charge in [0.2, 0.25) is 10.0 Å². The number of aromatic carboxylic acids is 1. The van der Waals surface area contributed by atoms with E-state index in [2.05, 4.69) is 4.72 Å². The molecule has 0 bridgehead atoms. The SMILES string of the molecule is COc1c(C)c(OC(=O)c2c(C)c(C)c(OC(CCS(C)(=O)=O)NS(=O)(=O)c3ccc(F)cc3)c(C)c2OC)c(C)c(C)c1C(=O)O. The Kier molecular flexibility index (Phi) is 11.3. The Balaban J connectivity index is 2.10. The van der Waals surface area contributed by atoms with Crippen LogP contribution in [0.2, 0.25) is 0 Å². The molecule has 0 spiro atoms. The van der Waals surface area contributed by atoms with Crippen molar-refractivity contribution in [2.45, 2.75) is 59.1 Å². The minimum atomic E-state index is -4.29. The van der Waals surface area contributed by atoms with Crippen molar-refractivity contribution in [3.8, 4) is 23.0 Å². The second kappa shape index (κ2) is 14.3. The largest absolute Gasteiger partial charge is 0.495 e. The maximum atomic E-state index is 13.8. The number of nitrogens with one attached hydrogen (secondary N) is 1. The Morgan fingerprint density at radius 2 is 1.26 bits per heavy atom. The van der Waals surface area contributed by atoms with Gasteiger partial charge in [-0.05, 0) is 88.1 Å². The van der Waals surface area contributed by atoms with Crippen molar-refractivity contribution in [3.05, 3.63) is 74.6 Å². The Morgan fingerprint density at radius 3 is 1.77 bits per heavy atom. The van der Waals surface area contributed by atoms with Crippen LogP contribution in [0.1, 0.15) is 60.5 Å². The van der Waals surface area contributed by atoms with Crippen LogP contribution in [0.25, 0.3) is 0 Å². The van der Waals surface area contributed by atoms with Gasteiger partial charge in [-0.15, -0.1) is 0 Å². The zero-order valence-corrected chi connectivity index (χ0v) is 29.2. The molecule has 0 amide bonds. The third-order valence-electron chi connectivity index (χ3n) is 7.82. The number of hydrogen-bond acceptors (Lipinski definition) is 10. The zero-order valence-electron chi connectivity index (χ0n) is 27.5. The zero-order chi connectivity index (χ0) is 35.6. The highest BCUT2D eigenvalue weighted by Crippen LogP contribution is 2.42. The molecule has 0 heterocycles. The second-order valence-electron chi connectivity index (χ2n) is 11.0. The van der Waals surface area contributed by atoms with E-state index >= 15 is 0 Å². The lowest BCUT2D eigenvalue weighted by Crippen LogP contribution is -2.40. The maximum absolute atomic E-state index is 13.8. The third kappa shape index (κ3) is 8.03. The van der Waals surface area contributed by atoms with E-state index in [0.29, 0.717) is 27.8 Å². The van der Waals surface area contributed by atoms with Crippen LogP contribution in [0.3, 0.4) is 0 Å². The smallest absolute Gasteiger partial charge is 0.347 e. The molecule has 0 radical (unpaired) electrons. The summed E-state index contributed by atoms with van der Waals surface area (Å²) in [4.78, 5) is 25.4. The van der Waals surface area contributed by atoms with Gasteiger partial charge in [0.25, 0.3) is 0 Å². The highest BCUT2D eigenvalue weighted by Gasteiger charge is 2.31. The van der Waals surface area contributed by atoms with Crippen LogP contribution in [0, 0.1) is 47.4 Å². The summed E-state index contributed by atoms with van der Waals surface area (Å²) in [5.41, 5.74) is 2.11. The minimum absolute atomic E-state index is 0.0344. The average Bonchev–Trinajstić information content (AvgIpc) is 2.98. The molecule has 0 aliphatic heterocycles. The molecule has 0 saturated carbocycles. The monoisotopic (exact) mass is 695 g/mol. The number of benzene rings is 3. The maximum Gasteiger partial charge on any atom is 0.347 e. The molecule has 3 rings (SSSR count). The lowest BCUT2D eigenvalue weighted by atomic mass is 9.95. The van der Waals surface area contributed by atoms with Crippen LogP contribution in [-0.4, -0.2) is 66.3 Å². The van der Waals surface area contributed by atoms with E-state index in [1.807, 2.05) is 0 Å². The molecule has 2 N–H and O–H groups in total. The minimum Gasteiger partial charge on any atom is -0.495 e. The number of rotatable bonds is 13. The molecule has 0 fully saturated rings. The summed E-state index contributed by atoms with van der Waals surface area (Å²) in [6.45, 7) is 9.58. The lowest BCUT2D eigenvalue weighted by Gasteiger charge is -2.26. The molecule has 0 saturated heterocycles. The number of carbonyl (C=O) groups is 2.